The molecule has 96 valence electrons. The molecule has 2 unspecified atom stereocenters. The van der Waals surface area contributed by atoms with Crippen LogP contribution in [0.1, 0.15) is 13.3 Å². The van der Waals surface area contributed by atoms with Crippen LogP contribution in [0.4, 0.5) is 0 Å². The maximum Gasteiger partial charge on any atom is 0.157 e. The van der Waals surface area contributed by atoms with Crippen LogP contribution in [0.15, 0.2) is 12.4 Å². The minimum atomic E-state index is -3.17. The lowest BCUT2D eigenvalue weighted by Gasteiger charge is -2.13. The first kappa shape index (κ1) is 12.4. The first-order valence-electron chi connectivity index (χ1n) is 5.58. The predicted molar refractivity (Wildman–Crippen MR) is 61.6 cm³/mol. The Morgan fingerprint density at radius 2 is 2.35 bits per heavy atom. The second-order valence-corrected chi connectivity index (χ2v) is 6.39. The van der Waals surface area contributed by atoms with Crippen molar-refractivity contribution in [1.82, 2.24) is 9.78 Å². The standard InChI is InChI=1S/C10H16N2O4S/c1-2-3-12-5-8(4-11-12)16-10-7-17(14,15)6-9(10)13/h4-5,9-10,13H,2-3,6-7H2,1H3. The van der Waals surface area contributed by atoms with Crippen molar-refractivity contribution in [3.63, 3.8) is 0 Å². The Morgan fingerprint density at radius 1 is 1.59 bits per heavy atom. The number of aliphatic hydroxyl groups is 1. The third kappa shape index (κ3) is 2.98. The van der Waals surface area contributed by atoms with Crippen LogP contribution in [-0.2, 0) is 16.4 Å². The van der Waals surface area contributed by atoms with E-state index in [2.05, 4.69) is 5.10 Å². The Balaban J connectivity index is 2.01. The number of sulfone groups is 1. The van der Waals surface area contributed by atoms with E-state index in [1.165, 1.54) is 6.20 Å². The van der Waals surface area contributed by atoms with Crippen molar-refractivity contribution in [3.05, 3.63) is 12.4 Å². The largest absolute Gasteiger partial charge is 0.483 e. The van der Waals surface area contributed by atoms with Gasteiger partial charge < -0.3 is 9.84 Å². The van der Waals surface area contributed by atoms with Crippen molar-refractivity contribution >= 4 is 9.84 Å². The highest BCUT2D eigenvalue weighted by molar-refractivity contribution is 7.91. The van der Waals surface area contributed by atoms with Gasteiger partial charge in [-0.15, -0.1) is 0 Å². The van der Waals surface area contributed by atoms with Gasteiger partial charge in [0.25, 0.3) is 0 Å². The van der Waals surface area contributed by atoms with Crippen LogP contribution < -0.4 is 4.74 Å². The SMILES string of the molecule is CCCn1cc(OC2CS(=O)(=O)CC2O)cn1. The van der Waals surface area contributed by atoms with Gasteiger partial charge in [-0.05, 0) is 6.42 Å². The molecule has 0 saturated carbocycles. The summed E-state index contributed by atoms with van der Waals surface area (Å²) in [6, 6.07) is 0. The van der Waals surface area contributed by atoms with Crippen LogP contribution in [0.25, 0.3) is 0 Å². The van der Waals surface area contributed by atoms with Crippen LogP contribution in [0.3, 0.4) is 0 Å². The molecule has 0 aromatic carbocycles. The monoisotopic (exact) mass is 260 g/mol. The molecule has 1 aromatic rings. The van der Waals surface area contributed by atoms with Gasteiger partial charge in [-0.1, -0.05) is 6.92 Å². The highest BCUT2D eigenvalue weighted by Gasteiger charge is 2.38. The summed E-state index contributed by atoms with van der Waals surface area (Å²) < 4.78 is 29.7. The van der Waals surface area contributed by atoms with E-state index in [-0.39, 0.29) is 11.5 Å². The lowest BCUT2D eigenvalue weighted by Crippen LogP contribution is -2.29. The third-order valence-corrected chi connectivity index (χ3v) is 4.31. The van der Waals surface area contributed by atoms with Crippen LogP contribution >= 0.6 is 0 Å². The molecule has 1 N–H and O–H groups in total. The minimum absolute atomic E-state index is 0.132. The summed E-state index contributed by atoms with van der Waals surface area (Å²) in [6.07, 6.45) is 2.57. The third-order valence-electron chi connectivity index (χ3n) is 2.62. The summed E-state index contributed by atoms with van der Waals surface area (Å²) in [5.74, 6) is 0.146. The van der Waals surface area contributed by atoms with Crippen molar-refractivity contribution in [1.29, 1.82) is 0 Å². The zero-order valence-electron chi connectivity index (χ0n) is 9.61. The van der Waals surface area contributed by atoms with E-state index in [4.69, 9.17) is 4.74 Å². The Kier molecular flexibility index (Phi) is 3.39. The van der Waals surface area contributed by atoms with Crippen molar-refractivity contribution in [2.75, 3.05) is 11.5 Å². The lowest BCUT2D eigenvalue weighted by molar-refractivity contribution is 0.0737. The molecule has 1 fully saturated rings. The maximum atomic E-state index is 11.3. The van der Waals surface area contributed by atoms with Crippen molar-refractivity contribution in [3.8, 4) is 5.75 Å². The molecule has 1 aromatic heterocycles. The predicted octanol–water partition coefficient (Wildman–Crippen LogP) is -0.170. The quantitative estimate of drug-likeness (QED) is 0.813. The number of rotatable bonds is 4. The Morgan fingerprint density at radius 3 is 2.94 bits per heavy atom. The van der Waals surface area contributed by atoms with Gasteiger partial charge in [0.05, 0.1) is 23.9 Å². The lowest BCUT2D eigenvalue weighted by atomic mass is 10.3. The van der Waals surface area contributed by atoms with Crippen LogP contribution in [0.2, 0.25) is 0 Å². The summed E-state index contributed by atoms with van der Waals surface area (Å²) in [6.45, 7) is 2.82. The van der Waals surface area contributed by atoms with E-state index in [9.17, 15) is 13.5 Å². The number of ether oxygens (including phenoxy) is 1. The molecule has 6 nitrogen and oxygen atoms in total. The number of hydrogen-bond acceptors (Lipinski definition) is 5. The molecule has 2 rings (SSSR count). The average molecular weight is 260 g/mol. The van der Waals surface area contributed by atoms with E-state index >= 15 is 0 Å². The maximum absolute atomic E-state index is 11.3. The van der Waals surface area contributed by atoms with Gasteiger partial charge in [0.15, 0.2) is 15.6 Å². The van der Waals surface area contributed by atoms with Gasteiger partial charge in [0.2, 0.25) is 0 Å². The summed E-state index contributed by atoms with van der Waals surface area (Å²) in [5.41, 5.74) is 0. The van der Waals surface area contributed by atoms with Crippen molar-refractivity contribution in [2.24, 2.45) is 0 Å². The van der Waals surface area contributed by atoms with E-state index in [0.717, 1.165) is 13.0 Å². The van der Waals surface area contributed by atoms with Crippen LogP contribution in [0.5, 0.6) is 5.75 Å². The Hall–Kier alpha value is -1.08. The first-order valence-corrected chi connectivity index (χ1v) is 7.40. The highest BCUT2D eigenvalue weighted by atomic mass is 32.2. The number of aliphatic hydroxyl groups excluding tert-OH is 1. The topological polar surface area (TPSA) is 81.4 Å². The molecule has 2 heterocycles. The Labute approximate surface area is 100 Å². The van der Waals surface area contributed by atoms with Gasteiger partial charge in [-0.2, -0.15) is 5.10 Å². The van der Waals surface area contributed by atoms with Gasteiger partial charge in [0.1, 0.15) is 12.2 Å². The van der Waals surface area contributed by atoms with E-state index in [1.54, 1.807) is 10.9 Å². The second kappa shape index (κ2) is 4.66. The Bertz CT molecular complexity index is 482. The molecule has 1 saturated heterocycles. The highest BCUT2D eigenvalue weighted by Crippen LogP contribution is 2.19. The minimum Gasteiger partial charge on any atom is -0.483 e. The second-order valence-electron chi connectivity index (χ2n) is 4.24. The molecule has 1 aliphatic rings. The van der Waals surface area contributed by atoms with E-state index in [1.807, 2.05) is 6.92 Å². The van der Waals surface area contributed by atoms with Crippen molar-refractivity contribution < 1.29 is 18.3 Å². The summed E-state index contributed by atoms with van der Waals surface area (Å²) in [7, 11) is -3.17. The van der Waals surface area contributed by atoms with E-state index < -0.39 is 22.0 Å². The summed E-state index contributed by atoms with van der Waals surface area (Å²) in [5, 5.41) is 13.6. The molecule has 0 bridgehead atoms. The van der Waals surface area contributed by atoms with Gasteiger partial charge in [-0.3, -0.25) is 4.68 Å². The molecule has 0 spiro atoms. The molecule has 0 radical (unpaired) electrons. The summed E-state index contributed by atoms with van der Waals surface area (Å²) in [4.78, 5) is 0. The molecule has 0 amide bonds. The summed E-state index contributed by atoms with van der Waals surface area (Å²) >= 11 is 0. The van der Waals surface area contributed by atoms with Crippen LogP contribution in [-0.4, -0.2) is 47.0 Å². The fourth-order valence-corrected chi connectivity index (χ4v) is 3.50. The molecular formula is C10H16N2O4S. The van der Waals surface area contributed by atoms with E-state index in [0.29, 0.717) is 5.75 Å². The average Bonchev–Trinajstić information content (AvgIpc) is 2.73. The molecule has 2 atom stereocenters. The molecule has 17 heavy (non-hydrogen) atoms. The van der Waals surface area contributed by atoms with Gasteiger partial charge >= 0.3 is 0 Å². The molecular weight excluding hydrogens is 244 g/mol. The van der Waals surface area contributed by atoms with Gasteiger partial charge in [-0.25, -0.2) is 8.42 Å². The van der Waals surface area contributed by atoms with Crippen LogP contribution in [0, 0.1) is 0 Å². The fourth-order valence-electron chi connectivity index (χ4n) is 1.84. The fraction of sp³-hybridized carbons (Fsp3) is 0.700. The molecule has 7 heteroatoms. The van der Waals surface area contributed by atoms with Gasteiger partial charge in [0, 0.05) is 6.54 Å². The smallest absolute Gasteiger partial charge is 0.157 e. The normalized spacial score (nSPS) is 27.2. The number of nitrogens with zero attached hydrogens (tertiary/aromatic N) is 2. The first-order chi connectivity index (χ1) is 8.00. The zero-order chi connectivity index (χ0) is 12.5. The molecule has 1 aliphatic heterocycles. The van der Waals surface area contributed by atoms with Crippen molar-refractivity contribution in [2.45, 2.75) is 32.1 Å². The number of aromatic nitrogens is 2. The zero-order valence-corrected chi connectivity index (χ0v) is 10.4. The number of aryl methyl sites for hydroxylation is 1. The number of hydrogen-bond donors (Lipinski definition) is 1. The molecule has 0 aliphatic carbocycles.